The van der Waals surface area contributed by atoms with E-state index in [0.29, 0.717) is 29.2 Å². The van der Waals surface area contributed by atoms with Gasteiger partial charge in [0, 0.05) is 17.5 Å². The van der Waals surface area contributed by atoms with Crippen molar-refractivity contribution in [2.45, 2.75) is 45.7 Å². The zero-order chi connectivity index (χ0) is 26.1. The third-order valence-corrected chi connectivity index (χ3v) is 6.61. The van der Waals surface area contributed by atoms with Gasteiger partial charge in [0.1, 0.15) is 22.8 Å². The van der Waals surface area contributed by atoms with Gasteiger partial charge in [-0.2, -0.15) is 18.2 Å². The zero-order valence-corrected chi connectivity index (χ0v) is 20.5. The number of carbonyl (C=O) groups excluding carboxylic acids is 1. The van der Waals surface area contributed by atoms with E-state index in [-0.39, 0.29) is 29.5 Å². The Kier molecular flexibility index (Phi) is 7.22. The topological polar surface area (TPSA) is 84.9 Å². The zero-order valence-electron chi connectivity index (χ0n) is 19.8. The number of carbonyl (C=O) groups is 1. The molecule has 0 atom stereocenters. The fraction of sp³-hybridized carbons (Fsp3) is 0.385. The molecule has 1 heterocycles. The highest BCUT2D eigenvalue weighted by Gasteiger charge is 2.51. The first kappa shape index (κ1) is 25.9. The fourth-order valence-corrected chi connectivity index (χ4v) is 3.68. The lowest BCUT2D eigenvalue weighted by molar-refractivity contribution is -0.210. The van der Waals surface area contributed by atoms with Crippen molar-refractivity contribution in [1.29, 1.82) is 0 Å². The summed E-state index contributed by atoms with van der Waals surface area (Å²) in [5.41, 5.74) is -1.50. The maximum atomic E-state index is 13.2. The molecule has 1 saturated carbocycles. The van der Waals surface area contributed by atoms with Crippen molar-refractivity contribution in [3.05, 3.63) is 63.5 Å². The first-order valence-electron chi connectivity index (χ1n) is 11.5. The van der Waals surface area contributed by atoms with Crippen molar-refractivity contribution in [2.24, 2.45) is 11.3 Å². The van der Waals surface area contributed by atoms with Crippen LogP contribution in [0.15, 0.2) is 47.3 Å². The van der Waals surface area contributed by atoms with Gasteiger partial charge in [-0.3, -0.25) is 9.78 Å². The largest absolute Gasteiger partial charge is 0.493 e. The molecule has 0 radical (unpaired) electrons. The van der Waals surface area contributed by atoms with Gasteiger partial charge in [0.25, 0.3) is 0 Å². The molecule has 190 valence electrons. The highest BCUT2D eigenvalue weighted by molar-refractivity contribution is 6.33. The van der Waals surface area contributed by atoms with Crippen molar-refractivity contribution in [3.8, 4) is 28.5 Å². The third kappa shape index (κ3) is 5.95. The minimum Gasteiger partial charge on any atom is -0.493 e. The van der Waals surface area contributed by atoms with Gasteiger partial charge >= 0.3 is 11.9 Å². The summed E-state index contributed by atoms with van der Waals surface area (Å²) in [6.45, 7) is 2.43. The first-order valence-corrected chi connectivity index (χ1v) is 11.9. The van der Waals surface area contributed by atoms with E-state index >= 15 is 0 Å². The average molecular weight is 520 g/mol. The summed E-state index contributed by atoms with van der Waals surface area (Å²) in [4.78, 5) is 35.5. The number of alkyl halides is 3. The number of Topliss-reactive ketones (excluding diaryl/α,β-unsaturated/α-hetero) is 1. The van der Waals surface area contributed by atoms with Crippen molar-refractivity contribution < 1.29 is 22.7 Å². The summed E-state index contributed by atoms with van der Waals surface area (Å²) in [7, 11) is 0. The predicted molar refractivity (Wildman–Crippen MR) is 130 cm³/mol. The molecule has 1 aromatic heterocycles. The highest BCUT2D eigenvalue weighted by atomic mass is 35.5. The van der Waals surface area contributed by atoms with E-state index in [1.807, 2.05) is 0 Å². The number of nitrogens with zero attached hydrogens (tertiary/aromatic N) is 2. The van der Waals surface area contributed by atoms with E-state index < -0.39 is 23.1 Å². The monoisotopic (exact) mass is 519 g/mol. The summed E-state index contributed by atoms with van der Waals surface area (Å²) < 4.78 is 45.2. The molecule has 6 nitrogen and oxygen atoms in total. The minimum atomic E-state index is -4.63. The minimum absolute atomic E-state index is 0.0764. The van der Waals surface area contributed by atoms with Crippen LogP contribution in [0.4, 0.5) is 13.2 Å². The summed E-state index contributed by atoms with van der Waals surface area (Å²) in [6.07, 6.45) is -2.48. The molecule has 0 unspecified atom stereocenters. The molecular weight excluding hydrogens is 495 g/mol. The molecule has 2 aromatic carbocycles. The summed E-state index contributed by atoms with van der Waals surface area (Å²) >= 11 is 6.35. The van der Waals surface area contributed by atoms with Crippen LogP contribution in [-0.2, 0) is 11.2 Å². The molecule has 36 heavy (non-hydrogen) atoms. The SMILES string of the molecule is CC(C)(C(=O)CCc1ccc(Cl)c(-c2nc(-c3ccc(OCC4CC4)cc3)nc(=O)[nH]2)c1)C(F)(F)F. The third-order valence-electron chi connectivity index (χ3n) is 6.28. The Bertz CT molecular complexity index is 1320. The number of hydrogen-bond acceptors (Lipinski definition) is 5. The predicted octanol–water partition coefficient (Wildman–Crippen LogP) is 6.03. The van der Waals surface area contributed by atoms with Gasteiger partial charge in [-0.05, 0) is 81.0 Å². The van der Waals surface area contributed by atoms with Crippen molar-refractivity contribution in [2.75, 3.05) is 6.61 Å². The summed E-state index contributed by atoms with van der Waals surface area (Å²) in [6, 6.07) is 11.9. The smallest absolute Gasteiger partial charge is 0.400 e. The van der Waals surface area contributed by atoms with Crippen molar-refractivity contribution >= 4 is 17.4 Å². The van der Waals surface area contributed by atoms with Gasteiger partial charge in [0.05, 0.1) is 11.6 Å². The number of nitrogens with one attached hydrogen (secondary N) is 1. The van der Waals surface area contributed by atoms with E-state index in [4.69, 9.17) is 16.3 Å². The van der Waals surface area contributed by atoms with E-state index in [1.165, 1.54) is 12.8 Å². The lowest BCUT2D eigenvalue weighted by Crippen LogP contribution is -2.39. The molecule has 3 aromatic rings. The van der Waals surface area contributed by atoms with Crippen LogP contribution >= 0.6 is 11.6 Å². The normalized spacial score (nSPS) is 14.1. The van der Waals surface area contributed by atoms with Crippen LogP contribution in [0.3, 0.4) is 0 Å². The molecule has 1 fully saturated rings. The average Bonchev–Trinajstić information content (AvgIpc) is 3.66. The van der Waals surface area contributed by atoms with Gasteiger partial charge in [-0.15, -0.1) is 0 Å². The van der Waals surface area contributed by atoms with Crippen LogP contribution in [-0.4, -0.2) is 33.5 Å². The number of benzene rings is 2. The summed E-state index contributed by atoms with van der Waals surface area (Å²) in [5.74, 6) is 0.778. The van der Waals surface area contributed by atoms with Crippen molar-refractivity contribution in [3.63, 3.8) is 0 Å². The first-order chi connectivity index (χ1) is 16.9. The number of halogens is 4. The number of rotatable bonds is 9. The van der Waals surface area contributed by atoms with Crippen LogP contribution in [0.25, 0.3) is 22.8 Å². The summed E-state index contributed by atoms with van der Waals surface area (Å²) in [5, 5.41) is 0.282. The fourth-order valence-electron chi connectivity index (χ4n) is 3.48. The number of aromatic amines is 1. The number of H-pyrrole nitrogens is 1. The lowest BCUT2D eigenvalue weighted by Gasteiger charge is -2.26. The molecular formula is C26H25ClF3N3O3. The lowest BCUT2D eigenvalue weighted by atomic mass is 9.84. The van der Waals surface area contributed by atoms with Gasteiger partial charge in [0.2, 0.25) is 0 Å². The molecule has 4 rings (SSSR count). The maximum Gasteiger partial charge on any atom is 0.400 e. The molecule has 0 spiro atoms. The number of ketones is 1. The van der Waals surface area contributed by atoms with E-state index in [0.717, 1.165) is 19.6 Å². The Morgan fingerprint density at radius 3 is 2.44 bits per heavy atom. The number of hydrogen-bond donors (Lipinski definition) is 1. The molecule has 0 saturated heterocycles. The van der Waals surface area contributed by atoms with Crippen molar-refractivity contribution in [1.82, 2.24) is 15.0 Å². The van der Waals surface area contributed by atoms with Crippen LogP contribution in [0.2, 0.25) is 5.02 Å². The molecule has 0 bridgehead atoms. The standard InChI is InChI=1S/C26H25ClF3N3O3/c1-25(2,26(28,29)30)21(34)12-6-15-5-11-20(27)19(13-15)23-31-22(32-24(35)33-23)17-7-9-18(10-8-17)36-14-16-3-4-16/h5,7-11,13,16H,3-4,6,12,14H2,1-2H3,(H,31,32,33,35). The number of aromatic nitrogens is 3. The molecule has 0 aliphatic heterocycles. The molecule has 1 aliphatic carbocycles. The van der Waals surface area contributed by atoms with Crippen LogP contribution in [0.5, 0.6) is 5.75 Å². The van der Waals surface area contributed by atoms with Gasteiger partial charge < -0.3 is 4.74 Å². The quantitative estimate of drug-likeness (QED) is 0.373. The van der Waals surface area contributed by atoms with E-state index in [9.17, 15) is 22.8 Å². The Labute approximate surface area is 210 Å². The second-order valence-corrected chi connectivity index (χ2v) is 9.87. The Morgan fingerprint density at radius 1 is 1.11 bits per heavy atom. The Hall–Kier alpha value is -3.20. The second kappa shape index (κ2) is 10.0. The molecule has 1 N–H and O–H groups in total. The highest BCUT2D eigenvalue weighted by Crippen LogP contribution is 2.39. The van der Waals surface area contributed by atoms with Gasteiger partial charge in [-0.25, -0.2) is 9.78 Å². The molecule has 1 aliphatic rings. The number of aryl methyl sites for hydroxylation is 1. The van der Waals surface area contributed by atoms with Crippen LogP contribution in [0, 0.1) is 11.3 Å². The van der Waals surface area contributed by atoms with Gasteiger partial charge in [-0.1, -0.05) is 17.7 Å². The molecule has 10 heteroatoms. The van der Waals surface area contributed by atoms with Gasteiger partial charge in [0.15, 0.2) is 5.82 Å². The van der Waals surface area contributed by atoms with E-state index in [1.54, 1.807) is 42.5 Å². The molecule has 0 amide bonds. The Balaban J connectivity index is 1.54. The second-order valence-electron chi connectivity index (χ2n) is 9.46. The van der Waals surface area contributed by atoms with Crippen LogP contribution in [0.1, 0.15) is 38.7 Å². The van der Waals surface area contributed by atoms with Crippen LogP contribution < -0.4 is 10.4 Å². The Morgan fingerprint density at radius 2 is 1.81 bits per heavy atom. The number of ether oxygens (including phenoxy) is 1. The van der Waals surface area contributed by atoms with E-state index in [2.05, 4.69) is 15.0 Å². The maximum absolute atomic E-state index is 13.2.